The number of hydrogen-bond donors (Lipinski definition) is 1. The Bertz CT molecular complexity index is 1140. The van der Waals surface area contributed by atoms with Crippen LogP contribution in [0.25, 0.3) is 17.0 Å². The average molecular weight is 420 g/mol. The van der Waals surface area contributed by atoms with Crippen molar-refractivity contribution < 1.29 is 19.1 Å². The molecule has 1 amide bonds. The first kappa shape index (κ1) is 21.3. The number of hydrogen-bond acceptors (Lipinski definition) is 6. The first-order valence-corrected chi connectivity index (χ1v) is 10.4. The Morgan fingerprint density at radius 3 is 2.70 bits per heavy atom. The molecule has 2 aromatic carbocycles. The Kier molecular flexibility index (Phi) is 6.98. The molecule has 0 bridgehead atoms. The molecule has 30 heavy (non-hydrogen) atoms. The first-order valence-electron chi connectivity index (χ1n) is 9.15. The van der Waals surface area contributed by atoms with Gasteiger partial charge in [-0.3, -0.25) is 14.6 Å². The molecule has 3 aromatic rings. The van der Waals surface area contributed by atoms with Crippen LogP contribution in [0.15, 0.2) is 65.7 Å². The van der Waals surface area contributed by atoms with Gasteiger partial charge in [0.25, 0.3) is 0 Å². The van der Waals surface area contributed by atoms with Gasteiger partial charge in [-0.25, -0.2) is 4.79 Å². The molecule has 1 aromatic heterocycles. The van der Waals surface area contributed by atoms with Crippen molar-refractivity contribution in [3.05, 3.63) is 71.9 Å². The van der Waals surface area contributed by atoms with Gasteiger partial charge in [0.05, 0.1) is 11.2 Å². The van der Waals surface area contributed by atoms with Crippen molar-refractivity contribution in [3.8, 4) is 0 Å². The van der Waals surface area contributed by atoms with E-state index in [0.29, 0.717) is 11.3 Å². The summed E-state index contributed by atoms with van der Waals surface area (Å²) in [6, 6.07) is 14.4. The predicted molar refractivity (Wildman–Crippen MR) is 119 cm³/mol. The number of amides is 1. The summed E-state index contributed by atoms with van der Waals surface area (Å²) in [4.78, 5) is 41.0. The number of aromatic nitrogens is 1. The van der Waals surface area contributed by atoms with E-state index in [2.05, 4.69) is 10.3 Å². The molecule has 0 fully saturated rings. The number of ether oxygens (including phenoxy) is 1. The van der Waals surface area contributed by atoms with Gasteiger partial charge in [-0.05, 0) is 30.5 Å². The molecular weight excluding hydrogens is 400 g/mol. The molecule has 6 nitrogen and oxygen atoms in total. The van der Waals surface area contributed by atoms with Crippen molar-refractivity contribution in [3.63, 3.8) is 0 Å². The molecule has 0 atom stereocenters. The van der Waals surface area contributed by atoms with Crippen molar-refractivity contribution >= 4 is 52.1 Å². The van der Waals surface area contributed by atoms with Gasteiger partial charge in [0.2, 0.25) is 5.91 Å². The van der Waals surface area contributed by atoms with Crippen LogP contribution in [0.4, 0.5) is 5.69 Å². The fourth-order valence-corrected chi connectivity index (χ4v) is 3.39. The SMILES string of the molecule is CSc1ccc(C(=O)COC(=O)/C=C/c2cccc3cccnc23)cc1NC(C)=O. The van der Waals surface area contributed by atoms with Crippen LogP contribution in [0, 0.1) is 0 Å². The minimum atomic E-state index is -0.626. The normalized spacial score (nSPS) is 10.9. The summed E-state index contributed by atoms with van der Waals surface area (Å²) in [5.41, 5.74) is 2.46. The van der Waals surface area contributed by atoms with Crippen molar-refractivity contribution in [2.24, 2.45) is 0 Å². The largest absolute Gasteiger partial charge is 0.454 e. The Hall–Kier alpha value is -3.45. The lowest BCUT2D eigenvalue weighted by molar-refractivity contribution is -0.136. The maximum absolute atomic E-state index is 12.4. The number of carbonyl (C=O) groups is 3. The third kappa shape index (κ3) is 5.33. The summed E-state index contributed by atoms with van der Waals surface area (Å²) in [5.74, 6) is -1.21. The Morgan fingerprint density at radius 1 is 1.13 bits per heavy atom. The molecule has 0 aliphatic heterocycles. The van der Waals surface area contributed by atoms with Crippen molar-refractivity contribution in [2.75, 3.05) is 18.2 Å². The molecule has 0 spiro atoms. The van der Waals surface area contributed by atoms with Crippen LogP contribution >= 0.6 is 11.8 Å². The molecule has 0 unspecified atom stereocenters. The van der Waals surface area contributed by atoms with E-state index in [4.69, 9.17) is 4.74 Å². The van der Waals surface area contributed by atoms with Crippen molar-refractivity contribution in [1.29, 1.82) is 0 Å². The van der Waals surface area contributed by atoms with Crippen LogP contribution in [-0.2, 0) is 14.3 Å². The maximum Gasteiger partial charge on any atom is 0.331 e. The number of fused-ring (bicyclic) bond motifs is 1. The van der Waals surface area contributed by atoms with Gasteiger partial charge in [0, 0.05) is 40.6 Å². The number of thioether (sulfide) groups is 1. The number of pyridine rings is 1. The highest BCUT2D eigenvalue weighted by Crippen LogP contribution is 2.26. The number of benzene rings is 2. The molecule has 1 N–H and O–H groups in total. The molecule has 0 saturated carbocycles. The van der Waals surface area contributed by atoms with Gasteiger partial charge in [-0.1, -0.05) is 30.3 Å². The lowest BCUT2D eigenvalue weighted by Gasteiger charge is -2.10. The minimum Gasteiger partial charge on any atom is -0.454 e. The van der Waals surface area contributed by atoms with E-state index in [1.165, 1.54) is 24.8 Å². The molecule has 0 aliphatic rings. The van der Waals surface area contributed by atoms with Crippen LogP contribution in [0.1, 0.15) is 22.8 Å². The molecule has 0 radical (unpaired) electrons. The predicted octanol–water partition coefficient (Wildman–Crippen LogP) is 4.35. The van der Waals surface area contributed by atoms with Gasteiger partial charge in [-0.15, -0.1) is 11.8 Å². The van der Waals surface area contributed by atoms with Crippen LogP contribution in [0.3, 0.4) is 0 Å². The second-order valence-electron chi connectivity index (χ2n) is 6.38. The lowest BCUT2D eigenvalue weighted by atomic mass is 10.1. The number of Topliss-reactive ketones (excluding diaryl/α,β-unsaturated/α-hetero) is 1. The number of rotatable bonds is 7. The van der Waals surface area contributed by atoms with E-state index in [1.54, 1.807) is 30.5 Å². The smallest absolute Gasteiger partial charge is 0.331 e. The fraction of sp³-hybridized carbons (Fsp3) is 0.130. The number of anilines is 1. The summed E-state index contributed by atoms with van der Waals surface area (Å²) in [6.07, 6.45) is 6.45. The number of para-hydroxylation sites is 1. The molecule has 0 aliphatic carbocycles. The summed E-state index contributed by atoms with van der Waals surface area (Å²) >= 11 is 1.46. The van der Waals surface area contributed by atoms with Crippen molar-refractivity contribution in [1.82, 2.24) is 4.98 Å². The highest BCUT2D eigenvalue weighted by Gasteiger charge is 2.12. The third-order valence-corrected chi connectivity index (χ3v) is 5.04. The summed E-state index contributed by atoms with van der Waals surface area (Å²) in [7, 11) is 0. The van der Waals surface area contributed by atoms with Crippen molar-refractivity contribution in [2.45, 2.75) is 11.8 Å². The van der Waals surface area contributed by atoms with Crippen LogP contribution in [-0.4, -0.2) is 35.5 Å². The second kappa shape index (κ2) is 9.84. The summed E-state index contributed by atoms with van der Waals surface area (Å²) in [6.45, 7) is 1.01. The number of ketones is 1. The quantitative estimate of drug-likeness (QED) is 0.265. The number of nitrogens with zero attached hydrogens (tertiary/aromatic N) is 1. The molecule has 1 heterocycles. The zero-order valence-electron chi connectivity index (χ0n) is 16.5. The van der Waals surface area contributed by atoms with E-state index < -0.39 is 12.6 Å². The lowest BCUT2D eigenvalue weighted by Crippen LogP contribution is -2.14. The zero-order valence-corrected chi connectivity index (χ0v) is 17.4. The molecule has 0 saturated heterocycles. The monoisotopic (exact) mass is 420 g/mol. The number of nitrogens with one attached hydrogen (secondary N) is 1. The van der Waals surface area contributed by atoms with Gasteiger partial charge < -0.3 is 10.1 Å². The summed E-state index contributed by atoms with van der Waals surface area (Å²) < 4.78 is 5.08. The number of carbonyl (C=O) groups excluding carboxylic acids is 3. The second-order valence-corrected chi connectivity index (χ2v) is 7.23. The molecule has 152 valence electrons. The van der Waals surface area contributed by atoms with Gasteiger partial charge in [0.1, 0.15) is 0 Å². The maximum atomic E-state index is 12.4. The van der Waals surface area contributed by atoms with Gasteiger partial charge in [-0.2, -0.15) is 0 Å². The zero-order chi connectivity index (χ0) is 21.5. The van der Waals surface area contributed by atoms with E-state index in [1.807, 2.05) is 36.6 Å². The first-order chi connectivity index (χ1) is 14.5. The standard InChI is InChI=1S/C23H20N2O4S/c1-15(26)25-19-13-18(8-10-21(19)30-2)20(27)14-29-22(28)11-9-17-6-3-5-16-7-4-12-24-23(16)17/h3-13H,14H2,1-2H3,(H,25,26)/b11-9+. The third-order valence-electron chi connectivity index (χ3n) is 4.24. The minimum absolute atomic E-state index is 0.227. The Labute approximate surface area is 178 Å². The van der Waals surface area contributed by atoms with E-state index in [-0.39, 0.29) is 11.7 Å². The van der Waals surface area contributed by atoms with Crippen LogP contribution in [0.2, 0.25) is 0 Å². The van der Waals surface area contributed by atoms with E-state index in [0.717, 1.165) is 21.4 Å². The topological polar surface area (TPSA) is 85.4 Å². The van der Waals surface area contributed by atoms with E-state index in [9.17, 15) is 14.4 Å². The fourth-order valence-electron chi connectivity index (χ4n) is 2.86. The highest BCUT2D eigenvalue weighted by atomic mass is 32.2. The molecule has 7 heteroatoms. The average Bonchev–Trinajstić information content (AvgIpc) is 2.75. The molecule has 3 rings (SSSR count). The van der Waals surface area contributed by atoms with E-state index >= 15 is 0 Å². The van der Waals surface area contributed by atoms with Gasteiger partial charge in [0.15, 0.2) is 12.4 Å². The Balaban J connectivity index is 1.65. The van der Waals surface area contributed by atoms with Gasteiger partial charge >= 0.3 is 5.97 Å². The van der Waals surface area contributed by atoms with Crippen LogP contribution in [0.5, 0.6) is 0 Å². The van der Waals surface area contributed by atoms with Crippen LogP contribution < -0.4 is 5.32 Å². The highest BCUT2D eigenvalue weighted by molar-refractivity contribution is 7.98. The summed E-state index contributed by atoms with van der Waals surface area (Å²) in [5, 5.41) is 3.67. The Morgan fingerprint density at radius 2 is 1.93 bits per heavy atom. The molecular formula is C23H20N2O4S. The number of esters is 1.